The Morgan fingerprint density at radius 2 is 2.00 bits per heavy atom. The maximum absolute atomic E-state index is 5.53. The molecule has 0 radical (unpaired) electrons. The van der Waals surface area contributed by atoms with Gasteiger partial charge in [0.15, 0.2) is 0 Å². The summed E-state index contributed by atoms with van der Waals surface area (Å²) in [5, 5.41) is 4.40. The molecule has 0 aromatic carbocycles. The summed E-state index contributed by atoms with van der Waals surface area (Å²) in [6.07, 6.45) is 4.79. The number of nitrogen functional groups attached to an aromatic ring is 1. The molecular formula is C14H22N6S. The molecule has 7 heteroatoms. The highest BCUT2D eigenvalue weighted by atomic mass is 32.1. The van der Waals surface area contributed by atoms with E-state index in [4.69, 9.17) is 5.84 Å². The molecule has 0 aliphatic heterocycles. The number of rotatable bonds is 7. The SMILES string of the molecule is CCCc1nc(NN)c(C)c(NCc2ncc(CC)s2)n1. The van der Waals surface area contributed by atoms with Crippen molar-refractivity contribution in [2.24, 2.45) is 5.84 Å². The van der Waals surface area contributed by atoms with Crippen LogP contribution in [0.3, 0.4) is 0 Å². The van der Waals surface area contributed by atoms with Crippen molar-refractivity contribution >= 4 is 23.0 Å². The van der Waals surface area contributed by atoms with Crippen LogP contribution in [0.1, 0.15) is 41.5 Å². The molecule has 0 unspecified atom stereocenters. The van der Waals surface area contributed by atoms with Crippen molar-refractivity contribution in [3.63, 3.8) is 0 Å². The van der Waals surface area contributed by atoms with E-state index in [9.17, 15) is 0 Å². The number of hydrogen-bond donors (Lipinski definition) is 3. The molecule has 0 aliphatic carbocycles. The Labute approximate surface area is 129 Å². The van der Waals surface area contributed by atoms with Gasteiger partial charge in [-0.25, -0.2) is 20.8 Å². The Kier molecular flexibility index (Phi) is 5.46. The van der Waals surface area contributed by atoms with Crippen LogP contribution in [0.4, 0.5) is 11.6 Å². The van der Waals surface area contributed by atoms with Gasteiger partial charge < -0.3 is 10.7 Å². The zero-order valence-corrected chi connectivity index (χ0v) is 13.5. The number of aromatic nitrogens is 3. The van der Waals surface area contributed by atoms with Gasteiger partial charge in [-0.05, 0) is 19.8 Å². The second kappa shape index (κ2) is 7.33. The quantitative estimate of drug-likeness (QED) is 0.538. The van der Waals surface area contributed by atoms with Crippen LogP contribution >= 0.6 is 11.3 Å². The van der Waals surface area contributed by atoms with Crippen molar-refractivity contribution in [3.8, 4) is 0 Å². The van der Waals surface area contributed by atoms with Crippen LogP contribution in [0.15, 0.2) is 6.20 Å². The summed E-state index contributed by atoms with van der Waals surface area (Å²) in [6.45, 7) is 6.86. The van der Waals surface area contributed by atoms with Crippen LogP contribution in [-0.4, -0.2) is 15.0 Å². The molecule has 2 rings (SSSR count). The van der Waals surface area contributed by atoms with Gasteiger partial charge in [0.25, 0.3) is 0 Å². The third-order valence-electron chi connectivity index (χ3n) is 3.16. The Bertz CT molecular complexity index is 595. The van der Waals surface area contributed by atoms with Gasteiger partial charge in [-0.3, -0.25) is 0 Å². The summed E-state index contributed by atoms with van der Waals surface area (Å²) in [6, 6.07) is 0. The molecule has 4 N–H and O–H groups in total. The number of nitrogens with zero attached hydrogens (tertiary/aromatic N) is 3. The zero-order chi connectivity index (χ0) is 15.2. The topological polar surface area (TPSA) is 88.8 Å². The van der Waals surface area contributed by atoms with Gasteiger partial charge in [0.1, 0.15) is 22.5 Å². The minimum atomic E-state index is 0.665. The first-order valence-corrected chi connectivity index (χ1v) is 8.01. The average molecular weight is 306 g/mol. The minimum Gasteiger partial charge on any atom is -0.363 e. The fourth-order valence-electron chi connectivity index (χ4n) is 1.96. The Morgan fingerprint density at radius 1 is 1.24 bits per heavy atom. The van der Waals surface area contributed by atoms with Crippen LogP contribution in [0.2, 0.25) is 0 Å². The number of anilines is 2. The first-order chi connectivity index (χ1) is 10.2. The van der Waals surface area contributed by atoms with Crippen molar-refractivity contribution < 1.29 is 0 Å². The van der Waals surface area contributed by atoms with Crippen LogP contribution in [0.25, 0.3) is 0 Å². The van der Waals surface area contributed by atoms with Crippen molar-refractivity contribution in [1.29, 1.82) is 0 Å². The van der Waals surface area contributed by atoms with E-state index in [0.717, 1.165) is 41.5 Å². The van der Waals surface area contributed by atoms with Crippen LogP contribution in [-0.2, 0) is 19.4 Å². The lowest BCUT2D eigenvalue weighted by Gasteiger charge is -2.12. The third kappa shape index (κ3) is 3.89. The molecule has 114 valence electrons. The van der Waals surface area contributed by atoms with Gasteiger partial charge >= 0.3 is 0 Å². The predicted molar refractivity (Wildman–Crippen MR) is 87.4 cm³/mol. The van der Waals surface area contributed by atoms with Crippen molar-refractivity contribution in [3.05, 3.63) is 27.5 Å². The number of hydrazine groups is 1. The van der Waals surface area contributed by atoms with Crippen LogP contribution in [0, 0.1) is 6.92 Å². The monoisotopic (exact) mass is 306 g/mol. The largest absolute Gasteiger partial charge is 0.363 e. The summed E-state index contributed by atoms with van der Waals surface area (Å²) in [7, 11) is 0. The Balaban J connectivity index is 2.15. The Morgan fingerprint density at radius 3 is 2.62 bits per heavy atom. The molecule has 0 saturated carbocycles. The molecule has 0 saturated heterocycles. The zero-order valence-electron chi connectivity index (χ0n) is 12.7. The summed E-state index contributed by atoms with van der Waals surface area (Å²) >= 11 is 1.73. The smallest absolute Gasteiger partial charge is 0.148 e. The lowest BCUT2D eigenvalue weighted by Crippen LogP contribution is -2.15. The first-order valence-electron chi connectivity index (χ1n) is 7.19. The summed E-state index contributed by atoms with van der Waals surface area (Å²) in [4.78, 5) is 14.7. The number of nitrogens with two attached hydrogens (primary N) is 1. The van der Waals surface area contributed by atoms with Crippen molar-refractivity contribution in [2.75, 3.05) is 10.7 Å². The molecule has 0 aliphatic rings. The van der Waals surface area contributed by atoms with Gasteiger partial charge in [-0.1, -0.05) is 13.8 Å². The molecule has 6 nitrogen and oxygen atoms in total. The maximum Gasteiger partial charge on any atom is 0.148 e. The van der Waals surface area contributed by atoms with Gasteiger partial charge in [0.2, 0.25) is 0 Å². The number of nitrogens with one attached hydrogen (secondary N) is 2. The highest BCUT2D eigenvalue weighted by Crippen LogP contribution is 2.21. The van der Waals surface area contributed by atoms with Crippen LogP contribution < -0.4 is 16.6 Å². The van der Waals surface area contributed by atoms with Crippen molar-refractivity contribution in [1.82, 2.24) is 15.0 Å². The normalized spacial score (nSPS) is 10.7. The van der Waals surface area contributed by atoms with E-state index >= 15 is 0 Å². The highest BCUT2D eigenvalue weighted by molar-refractivity contribution is 7.11. The van der Waals surface area contributed by atoms with E-state index in [1.54, 1.807) is 11.3 Å². The van der Waals surface area contributed by atoms with Gasteiger partial charge in [0.05, 0.1) is 6.54 Å². The summed E-state index contributed by atoms with van der Waals surface area (Å²) in [5.74, 6) is 7.82. The van der Waals surface area contributed by atoms with Gasteiger partial charge in [-0.15, -0.1) is 11.3 Å². The molecule has 0 fully saturated rings. The lowest BCUT2D eigenvalue weighted by atomic mass is 10.2. The predicted octanol–water partition coefficient (Wildman–Crippen LogP) is 2.65. The summed E-state index contributed by atoms with van der Waals surface area (Å²) in [5.41, 5.74) is 3.56. The van der Waals surface area contributed by atoms with E-state index in [2.05, 4.69) is 39.5 Å². The highest BCUT2D eigenvalue weighted by Gasteiger charge is 2.10. The minimum absolute atomic E-state index is 0.665. The maximum atomic E-state index is 5.53. The number of thiazole rings is 1. The van der Waals surface area contributed by atoms with Crippen molar-refractivity contribution in [2.45, 2.75) is 46.6 Å². The molecule has 0 atom stereocenters. The fourth-order valence-corrected chi connectivity index (χ4v) is 2.77. The fraction of sp³-hybridized carbons (Fsp3) is 0.500. The number of hydrogen-bond acceptors (Lipinski definition) is 7. The molecule has 2 heterocycles. The van der Waals surface area contributed by atoms with Crippen LogP contribution in [0.5, 0.6) is 0 Å². The molecule has 0 bridgehead atoms. The molecular weight excluding hydrogens is 284 g/mol. The van der Waals surface area contributed by atoms with Gasteiger partial charge in [0, 0.05) is 23.1 Å². The average Bonchev–Trinajstić information content (AvgIpc) is 2.95. The molecule has 0 spiro atoms. The van der Waals surface area contributed by atoms with E-state index < -0.39 is 0 Å². The Hall–Kier alpha value is -1.73. The third-order valence-corrected chi connectivity index (χ3v) is 4.30. The molecule has 2 aromatic rings. The number of aryl methyl sites for hydroxylation is 2. The molecule has 2 aromatic heterocycles. The van der Waals surface area contributed by atoms with E-state index in [0.29, 0.717) is 12.4 Å². The lowest BCUT2D eigenvalue weighted by molar-refractivity contribution is 0.830. The van der Waals surface area contributed by atoms with E-state index in [-0.39, 0.29) is 0 Å². The summed E-state index contributed by atoms with van der Waals surface area (Å²) < 4.78 is 0. The van der Waals surface area contributed by atoms with Gasteiger partial charge in [-0.2, -0.15) is 0 Å². The molecule has 0 amide bonds. The van der Waals surface area contributed by atoms with E-state index in [1.165, 1.54) is 4.88 Å². The first kappa shape index (κ1) is 15.7. The molecule has 21 heavy (non-hydrogen) atoms. The van der Waals surface area contributed by atoms with E-state index in [1.807, 2.05) is 13.1 Å². The second-order valence-corrected chi connectivity index (χ2v) is 5.98. The standard InChI is InChI=1S/C14H22N6S/c1-4-6-11-18-13(9(3)14(19-11)20-15)17-8-12-16-7-10(5-2)21-12/h7H,4-6,8,15H2,1-3H3,(H2,17,18,19,20). The second-order valence-electron chi connectivity index (χ2n) is 4.78.